The largest absolute Gasteiger partial charge is 0.516 e. The van der Waals surface area contributed by atoms with Gasteiger partial charge in [-0.15, -0.1) is 0 Å². The molecule has 4 N–H and O–H groups in total. The quantitative estimate of drug-likeness (QED) is 0.455. The van der Waals surface area contributed by atoms with Crippen LogP contribution >= 0.6 is 0 Å². The SMILES string of the molecule is O=C(O)C(F)(F)F.O=C(O)C(F)(F)F.OC=CCCO. The molecule has 0 saturated heterocycles. The van der Waals surface area contributed by atoms with Gasteiger partial charge < -0.3 is 20.4 Å². The van der Waals surface area contributed by atoms with E-state index in [9.17, 15) is 26.3 Å². The van der Waals surface area contributed by atoms with Crippen molar-refractivity contribution in [2.45, 2.75) is 18.8 Å². The molecule has 20 heavy (non-hydrogen) atoms. The molecule has 0 saturated carbocycles. The van der Waals surface area contributed by atoms with Crippen molar-refractivity contribution < 1.29 is 56.4 Å². The van der Waals surface area contributed by atoms with E-state index in [0.29, 0.717) is 6.42 Å². The Kier molecular flexibility index (Phi) is 12.6. The Hall–Kier alpha value is -1.98. The summed E-state index contributed by atoms with van der Waals surface area (Å²) < 4.78 is 63.5. The first-order valence-corrected chi connectivity index (χ1v) is 4.31. The monoisotopic (exact) mass is 316 g/mol. The fourth-order valence-corrected chi connectivity index (χ4v) is 0.149. The van der Waals surface area contributed by atoms with Crippen LogP contribution in [0.4, 0.5) is 26.3 Å². The summed E-state index contributed by atoms with van der Waals surface area (Å²) in [5.74, 6) is -5.51. The van der Waals surface area contributed by atoms with Gasteiger partial charge in [0.1, 0.15) is 0 Å². The van der Waals surface area contributed by atoms with Crippen LogP contribution in [0.2, 0.25) is 0 Å². The van der Waals surface area contributed by atoms with Crippen molar-refractivity contribution in [1.82, 2.24) is 0 Å². The molecule has 0 aromatic heterocycles. The van der Waals surface area contributed by atoms with Gasteiger partial charge in [0.2, 0.25) is 0 Å². The number of aliphatic hydroxyl groups is 2. The van der Waals surface area contributed by atoms with Gasteiger partial charge in [0.25, 0.3) is 0 Å². The van der Waals surface area contributed by atoms with Crippen molar-refractivity contribution in [3.05, 3.63) is 12.3 Å². The molecule has 0 aliphatic carbocycles. The van der Waals surface area contributed by atoms with Crippen molar-refractivity contribution in [2.24, 2.45) is 0 Å². The van der Waals surface area contributed by atoms with E-state index >= 15 is 0 Å². The molecule has 0 bridgehead atoms. The molecule has 0 fully saturated rings. The lowest BCUT2D eigenvalue weighted by Gasteiger charge is -1.93. The normalized spacial score (nSPS) is 10.9. The molecular formula is C8H10F6O6. The van der Waals surface area contributed by atoms with E-state index in [2.05, 4.69) is 0 Å². The number of aliphatic hydroxyl groups excluding tert-OH is 2. The zero-order valence-corrected chi connectivity index (χ0v) is 9.44. The molecule has 0 unspecified atom stereocenters. The van der Waals surface area contributed by atoms with Gasteiger partial charge in [0.05, 0.1) is 6.26 Å². The summed E-state index contributed by atoms with van der Waals surface area (Å²) in [4.78, 5) is 17.8. The van der Waals surface area contributed by atoms with Crippen LogP contribution in [0.15, 0.2) is 12.3 Å². The summed E-state index contributed by atoms with van der Waals surface area (Å²) in [6.07, 6.45) is -7.22. The second-order valence-corrected chi connectivity index (χ2v) is 2.50. The number of aliphatic carboxylic acids is 2. The number of hydrogen-bond acceptors (Lipinski definition) is 4. The molecular weight excluding hydrogens is 306 g/mol. The van der Waals surface area contributed by atoms with E-state index in [1.807, 2.05) is 0 Å². The lowest BCUT2D eigenvalue weighted by Crippen LogP contribution is -2.21. The average Bonchev–Trinajstić information content (AvgIpc) is 2.25. The Morgan fingerprint density at radius 1 is 0.900 bits per heavy atom. The zero-order chi connectivity index (χ0) is 17.0. The highest BCUT2D eigenvalue weighted by Crippen LogP contribution is 2.13. The molecule has 0 aliphatic rings. The van der Waals surface area contributed by atoms with Crippen molar-refractivity contribution in [3.8, 4) is 0 Å². The van der Waals surface area contributed by atoms with Crippen LogP contribution in [0.5, 0.6) is 0 Å². The van der Waals surface area contributed by atoms with E-state index in [0.717, 1.165) is 6.26 Å². The third-order valence-corrected chi connectivity index (χ3v) is 0.886. The van der Waals surface area contributed by atoms with Gasteiger partial charge in [-0.3, -0.25) is 0 Å². The number of halogens is 6. The van der Waals surface area contributed by atoms with Gasteiger partial charge in [0.15, 0.2) is 0 Å². The number of carboxylic acid groups (broad SMARTS) is 2. The molecule has 0 aromatic carbocycles. The number of carbonyl (C=O) groups is 2. The maximum atomic E-state index is 10.6. The highest BCUT2D eigenvalue weighted by atomic mass is 19.4. The highest BCUT2D eigenvalue weighted by Gasteiger charge is 2.38. The maximum Gasteiger partial charge on any atom is 0.490 e. The third-order valence-electron chi connectivity index (χ3n) is 0.886. The Labute approximate surface area is 107 Å². The van der Waals surface area contributed by atoms with E-state index in [-0.39, 0.29) is 6.61 Å². The average molecular weight is 316 g/mol. The molecule has 0 aliphatic heterocycles. The minimum atomic E-state index is -5.08. The predicted octanol–water partition coefficient (Wildman–Crippen LogP) is 1.71. The van der Waals surface area contributed by atoms with E-state index in [1.165, 1.54) is 6.08 Å². The first-order chi connectivity index (χ1) is 8.80. The van der Waals surface area contributed by atoms with Crippen LogP contribution in [0.1, 0.15) is 6.42 Å². The van der Waals surface area contributed by atoms with Crippen molar-refractivity contribution in [2.75, 3.05) is 6.61 Å². The van der Waals surface area contributed by atoms with Gasteiger partial charge in [-0.2, -0.15) is 26.3 Å². The minimum Gasteiger partial charge on any atom is -0.516 e. The van der Waals surface area contributed by atoms with Crippen LogP contribution in [0, 0.1) is 0 Å². The molecule has 0 atom stereocenters. The predicted molar refractivity (Wildman–Crippen MR) is 50.9 cm³/mol. The number of hydrogen-bond donors (Lipinski definition) is 4. The molecule has 0 aromatic rings. The van der Waals surface area contributed by atoms with Gasteiger partial charge in [-0.1, -0.05) is 0 Å². The summed E-state index contributed by atoms with van der Waals surface area (Å²) in [7, 11) is 0. The van der Waals surface area contributed by atoms with Crippen molar-refractivity contribution in [3.63, 3.8) is 0 Å². The summed E-state index contributed by atoms with van der Waals surface area (Å²) in [6.45, 7) is 0.108. The summed E-state index contributed by atoms with van der Waals surface area (Å²) in [5.41, 5.74) is 0. The molecule has 6 nitrogen and oxygen atoms in total. The topological polar surface area (TPSA) is 115 Å². The van der Waals surface area contributed by atoms with E-state index < -0.39 is 24.3 Å². The molecule has 0 amide bonds. The zero-order valence-electron chi connectivity index (χ0n) is 9.44. The lowest BCUT2D eigenvalue weighted by molar-refractivity contribution is -0.193. The first kappa shape index (κ1) is 23.1. The summed E-state index contributed by atoms with van der Waals surface area (Å²) in [6, 6.07) is 0. The lowest BCUT2D eigenvalue weighted by atomic mass is 10.5. The van der Waals surface area contributed by atoms with Crippen molar-refractivity contribution >= 4 is 11.9 Å². The molecule has 0 radical (unpaired) electrons. The van der Waals surface area contributed by atoms with Gasteiger partial charge in [0, 0.05) is 6.61 Å². The van der Waals surface area contributed by atoms with Crippen molar-refractivity contribution in [1.29, 1.82) is 0 Å². The summed E-state index contributed by atoms with van der Waals surface area (Å²) >= 11 is 0. The van der Waals surface area contributed by atoms with Crippen LogP contribution in [-0.4, -0.2) is 51.3 Å². The van der Waals surface area contributed by atoms with Crippen LogP contribution in [-0.2, 0) is 9.59 Å². The smallest absolute Gasteiger partial charge is 0.490 e. The Bertz CT molecular complexity index is 284. The number of rotatable bonds is 2. The third kappa shape index (κ3) is 21.3. The molecule has 0 spiro atoms. The summed E-state index contributed by atoms with van der Waals surface area (Å²) in [5, 5.41) is 30.2. The second kappa shape index (κ2) is 10.9. The number of alkyl halides is 6. The Balaban J connectivity index is -0.000000218. The van der Waals surface area contributed by atoms with Crippen LogP contribution in [0.25, 0.3) is 0 Å². The van der Waals surface area contributed by atoms with E-state index in [1.54, 1.807) is 0 Å². The standard InChI is InChI=1S/C4H8O2.2C2HF3O2/c5-3-1-2-4-6;2*3-2(4,5)1(6)7/h1,3,5-6H,2,4H2;2*(H,6,7). The van der Waals surface area contributed by atoms with Crippen LogP contribution in [0.3, 0.4) is 0 Å². The molecule has 12 heteroatoms. The maximum absolute atomic E-state index is 10.6. The fourth-order valence-electron chi connectivity index (χ4n) is 0.149. The van der Waals surface area contributed by atoms with Gasteiger partial charge in [-0.25, -0.2) is 9.59 Å². The molecule has 0 rings (SSSR count). The fraction of sp³-hybridized carbons (Fsp3) is 0.500. The first-order valence-electron chi connectivity index (χ1n) is 4.31. The van der Waals surface area contributed by atoms with Gasteiger partial charge in [-0.05, 0) is 12.5 Å². The molecule has 120 valence electrons. The van der Waals surface area contributed by atoms with Crippen LogP contribution < -0.4 is 0 Å². The minimum absolute atomic E-state index is 0.108. The Morgan fingerprint density at radius 2 is 1.15 bits per heavy atom. The number of carboxylic acids is 2. The van der Waals surface area contributed by atoms with E-state index in [4.69, 9.17) is 30.0 Å². The molecule has 0 heterocycles. The van der Waals surface area contributed by atoms with Gasteiger partial charge >= 0.3 is 24.3 Å². The Morgan fingerprint density at radius 3 is 1.20 bits per heavy atom. The highest BCUT2D eigenvalue weighted by molar-refractivity contribution is 5.73. The second-order valence-electron chi connectivity index (χ2n) is 2.50.